The summed E-state index contributed by atoms with van der Waals surface area (Å²) in [4.78, 5) is 4.58. The van der Waals surface area contributed by atoms with E-state index < -0.39 is 0 Å². The molecule has 18 heavy (non-hydrogen) atoms. The third kappa shape index (κ3) is 2.82. The normalized spacial score (nSPS) is 19.8. The molecule has 1 saturated heterocycles. The van der Waals surface area contributed by atoms with Gasteiger partial charge in [0.1, 0.15) is 5.82 Å². The van der Waals surface area contributed by atoms with Gasteiger partial charge in [-0.2, -0.15) is 0 Å². The second-order valence-corrected chi connectivity index (χ2v) is 5.23. The highest BCUT2D eigenvalue weighted by Gasteiger charge is 2.26. The summed E-state index contributed by atoms with van der Waals surface area (Å²) in [6, 6.07) is 5.46. The smallest absolute Gasteiger partial charge is 0.123 e. The van der Waals surface area contributed by atoms with E-state index in [1.54, 1.807) is 6.07 Å². The van der Waals surface area contributed by atoms with Gasteiger partial charge in [-0.1, -0.05) is 0 Å². The number of nitrogens with zero attached hydrogens (tertiary/aromatic N) is 2. The lowest BCUT2D eigenvalue weighted by atomic mass is 10.1. The second-order valence-electron chi connectivity index (χ2n) is 5.23. The summed E-state index contributed by atoms with van der Waals surface area (Å²) in [6.45, 7) is 2.46. The van der Waals surface area contributed by atoms with Crippen LogP contribution in [0.2, 0.25) is 0 Å². The molecule has 1 atom stereocenters. The van der Waals surface area contributed by atoms with Crippen LogP contribution in [0.1, 0.15) is 18.4 Å². The van der Waals surface area contributed by atoms with Crippen molar-refractivity contribution in [2.75, 3.05) is 32.1 Å². The molecule has 2 rings (SSSR count). The van der Waals surface area contributed by atoms with Crippen molar-refractivity contribution in [3.63, 3.8) is 0 Å². The molecule has 3 nitrogen and oxygen atoms in total. The van der Waals surface area contributed by atoms with Crippen LogP contribution in [0.5, 0.6) is 0 Å². The van der Waals surface area contributed by atoms with Crippen LogP contribution in [0, 0.1) is 5.82 Å². The maximum atomic E-state index is 13.2. The van der Waals surface area contributed by atoms with Gasteiger partial charge in [-0.05, 0) is 50.7 Å². The Hall–Kier alpha value is -1.13. The van der Waals surface area contributed by atoms with Gasteiger partial charge in [-0.25, -0.2) is 4.39 Å². The van der Waals surface area contributed by atoms with Crippen molar-refractivity contribution in [1.82, 2.24) is 4.90 Å². The maximum absolute atomic E-state index is 13.2. The summed E-state index contributed by atoms with van der Waals surface area (Å²) in [7, 11) is 4.18. The lowest BCUT2D eigenvalue weighted by Gasteiger charge is -2.30. The molecular formula is C14H22FN3. The van der Waals surface area contributed by atoms with Crippen LogP contribution in [0.3, 0.4) is 0 Å². The molecule has 1 unspecified atom stereocenters. The summed E-state index contributed by atoms with van der Waals surface area (Å²) < 4.78 is 13.2. The number of hydrogen-bond acceptors (Lipinski definition) is 3. The van der Waals surface area contributed by atoms with Gasteiger partial charge in [0.15, 0.2) is 0 Å². The van der Waals surface area contributed by atoms with Gasteiger partial charge in [0.25, 0.3) is 0 Å². The van der Waals surface area contributed by atoms with Gasteiger partial charge >= 0.3 is 0 Å². The Bertz CT molecular complexity index is 406. The Morgan fingerprint density at radius 2 is 2.22 bits per heavy atom. The topological polar surface area (TPSA) is 32.5 Å². The van der Waals surface area contributed by atoms with E-state index in [0.717, 1.165) is 24.3 Å². The number of anilines is 1. The van der Waals surface area contributed by atoms with E-state index in [-0.39, 0.29) is 5.82 Å². The predicted molar refractivity (Wildman–Crippen MR) is 73.2 cm³/mol. The number of nitrogens with two attached hydrogens (primary N) is 1. The number of benzene rings is 1. The molecule has 1 heterocycles. The van der Waals surface area contributed by atoms with Gasteiger partial charge < -0.3 is 15.5 Å². The van der Waals surface area contributed by atoms with Crippen molar-refractivity contribution in [3.8, 4) is 0 Å². The summed E-state index contributed by atoms with van der Waals surface area (Å²) in [5.41, 5.74) is 7.73. The summed E-state index contributed by atoms with van der Waals surface area (Å²) in [6.07, 6.45) is 2.39. The first-order valence-electron chi connectivity index (χ1n) is 6.51. The Kier molecular flexibility index (Phi) is 4.19. The number of likely N-dealkylation sites (N-methyl/N-ethyl adjacent to an activating group) is 1. The second kappa shape index (κ2) is 5.67. The first kappa shape index (κ1) is 13.3. The lowest BCUT2D eigenvalue weighted by molar-refractivity contribution is 0.372. The Balaban J connectivity index is 2.24. The van der Waals surface area contributed by atoms with E-state index in [9.17, 15) is 4.39 Å². The van der Waals surface area contributed by atoms with Crippen molar-refractivity contribution in [2.45, 2.75) is 25.4 Å². The van der Waals surface area contributed by atoms with Crippen molar-refractivity contribution in [3.05, 3.63) is 29.6 Å². The van der Waals surface area contributed by atoms with Gasteiger partial charge in [-0.3, -0.25) is 0 Å². The number of rotatable bonds is 4. The summed E-state index contributed by atoms with van der Waals surface area (Å²) in [5, 5.41) is 0. The Labute approximate surface area is 108 Å². The fraction of sp³-hybridized carbons (Fsp3) is 0.571. The molecule has 0 aliphatic carbocycles. The van der Waals surface area contributed by atoms with Gasteiger partial charge in [0, 0.05) is 31.4 Å². The maximum Gasteiger partial charge on any atom is 0.123 e. The fourth-order valence-corrected chi connectivity index (χ4v) is 2.76. The standard InChI is InChI=1S/C14H22FN3/c1-17(2)10-13-4-3-7-18(13)14-6-5-12(15)8-11(14)9-16/h5-6,8,13H,3-4,7,9-10,16H2,1-2H3. The van der Waals surface area contributed by atoms with Crippen LogP contribution in [0.4, 0.5) is 10.1 Å². The van der Waals surface area contributed by atoms with Crippen molar-refractivity contribution in [1.29, 1.82) is 0 Å². The zero-order chi connectivity index (χ0) is 13.1. The molecule has 1 aliphatic heterocycles. The number of halogens is 1. The van der Waals surface area contributed by atoms with Gasteiger partial charge in [-0.15, -0.1) is 0 Å². The average Bonchev–Trinajstić information content (AvgIpc) is 2.76. The monoisotopic (exact) mass is 251 g/mol. The van der Waals surface area contributed by atoms with E-state index in [1.165, 1.54) is 18.9 Å². The van der Waals surface area contributed by atoms with Crippen LogP contribution in [-0.4, -0.2) is 38.1 Å². The molecule has 1 fully saturated rings. The minimum Gasteiger partial charge on any atom is -0.367 e. The molecule has 0 amide bonds. The van der Waals surface area contributed by atoms with E-state index in [4.69, 9.17) is 5.73 Å². The molecule has 1 aromatic rings. The minimum atomic E-state index is -0.206. The highest BCUT2D eigenvalue weighted by Crippen LogP contribution is 2.29. The molecule has 1 aliphatic rings. The van der Waals surface area contributed by atoms with E-state index >= 15 is 0 Å². The largest absolute Gasteiger partial charge is 0.367 e. The zero-order valence-corrected chi connectivity index (χ0v) is 11.2. The van der Waals surface area contributed by atoms with Crippen LogP contribution < -0.4 is 10.6 Å². The third-order valence-corrected chi connectivity index (χ3v) is 3.52. The summed E-state index contributed by atoms with van der Waals surface area (Å²) >= 11 is 0. The molecule has 0 bridgehead atoms. The molecule has 100 valence electrons. The molecule has 2 N–H and O–H groups in total. The van der Waals surface area contributed by atoms with Crippen LogP contribution in [-0.2, 0) is 6.54 Å². The molecule has 0 spiro atoms. The van der Waals surface area contributed by atoms with Crippen LogP contribution in [0.25, 0.3) is 0 Å². The molecule has 1 aromatic carbocycles. The molecule has 0 saturated carbocycles. The van der Waals surface area contributed by atoms with E-state index in [1.807, 2.05) is 6.07 Å². The highest BCUT2D eigenvalue weighted by molar-refractivity contribution is 5.55. The molecular weight excluding hydrogens is 229 g/mol. The molecule has 4 heteroatoms. The Morgan fingerprint density at radius 1 is 1.44 bits per heavy atom. The van der Waals surface area contributed by atoms with Crippen molar-refractivity contribution in [2.24, 2.45) is 5.73 Å². The first-order valence-corrected chi connectivity index (χ1v) is 6.51. The summed E-state index contributed by atoms with van der Waals surface area (Å²) in [5.74, 6) is -0.206. The van der Waals surface area contributed by atoms with Crippen molar-refractivity contribution < 1.29 is 4.39 Å². The van der Waals surface area contributed by atoms with E-state index in [0.29, 0.717) is 12.6 Å². The minimum absolute atomic E-state index is 0.206. The van der Waals surface area contributed by atoms with Crippen LogP contribution in [0.15, 0.2) is 18.2 Å². The fourth-order valence-electron chi connectivity index (χ4n) is 2.76. The zero-order valence-electron chi connectivity index (χ0n) is 11.2. The lowest BCUT2D eigenvalue weighted by Crippen LogP contribution is -2.38. The Morgan fingerprint density at radius 3 is 2.89 bits per heavy atom. The molecule has 0 radical (unpaired) electrons. The SMILES string of the molecule is CN(C)CC1CCCN1c1ccc(F)cc1CN. The van der Waals surface area contributed by atoms with Gasteiger partial charge in [0.2, 0.25) is 0 Å². The highest BCUT2D eigenvalue weighted by atomic mass is 19.1. The third-order valence-electron chi connectivity index (χ3n) is 3.52. The van der Waals surface area contributed by atoms with E-state index in [2.05, 4.69) is 23.9 Å². The average molecular weight is 251 g/mol. The van der Waals surface area contributed by atoms with Crippen LogP contribution >= 0.6 is 0 Å². The predicted octanol–water partition coefficient (Wildman–Crippen LogP) is 1.81. The van der Waals surface area contributed by atoms with Crippen molar-refractivity contribution >= 4 is 5.69 Å². The number of hydrogen-bond donors (Lipinski definition) is 1. The quantitative estimate of drug-likeness (QED) is 0.886. The molecule has 0 aromatic heterocycles. The van der Waals surface area contributed by atoms with Gasteiger partial charge in [0.05, 0.1) is 0 Å². The first-order chi connectivity index (χ1) is 8.61.